The summed E-state index contributed by atoms with van der Waals surface area (Å²) in [5, 5.41) is 11.0. The standard InChI is InChI=1S/C23H26F2N4O3S/c1-13(2)29-21(14(3)32-18-8-6-7-17(12-18)31-5)27-28-23(29)33-15(4)22(30)26-20-10-9-16(24)11-19(20)25/h6-15H,1-5H3,(H,26,30). The van der Waals surface area contributed by atoms with Crippen molar-refractivity contribution < 1.29 is 23.0 Å². The molecule has 2 atom stereocenters. The molecule has 0 saturated heterocycles. The molecule has 2 aromatic carbocycles. The number of carbonyl (C=O) groups excluding carboxylic acids is 1. The molecule has 7 nitrogen and oxygen atoms in total. The van der Waals surface area contributed by atoms with E-state index in [1.165, 1.54) is 17.8 Å². The molecule has 0 saturated carbocycles. The van der Waals surface area contributed by atoms with Gasteiger partial charge in [-0.05, 0) is 52.0 Å². The second kappa shape index (κ2) is 10.7. The van der Waals surface area contributed by atoms with Crippen molar-refractivity contribution in [3.05, 3.63) is 59.9 Å². The van der Waals surface area contributed by atoms with E-state index in [1.807, 2.05) is 43.5 Å². The number of hydrogen-bond donors (Lipinski definition) is 1. The molecule has 1 heterocycles. The van der Waals surface area contributed by atoms with E-state index in [1.54, 1.807) is 20.1 Å². The van der Waals surface area contributed by atoms with Crippen molar-refractivity contribution in [2.24, 2.45) is 0 Å². The van der Waals surface area contributed by atoms with Gasteiger partial charge in [-0.25, -0.2) is 8.78 Å². The van der Waals surface area contributed by atoms with Crippen LogP contribution in [0.4, 0.5) is 14.5 Å². The number of carbonyl (C=O) groups is 1. The molecule has 3 aromatic rings. The fourth-order valence-corrected chi connectivity index (χ4v) is 4.09. The molecule has 0 aliphatic rings. The highest BCUT2D eigenvalue weighted by atomic mass is 32.2. The predicted octanol–water partition coefficient (Wildman–Crippen LogP) is 5.41. The van der Waals surface area contributed by atoms with Crippen LogP contribution >= 0.6 is 11.8 Å². The monoisotopic (exact) mass is 476 g/mol. The lowest BCUT2D eigenvalue weighted by molar-refractivity contribution is -0.115. The topological polar surface area (TPSA) is 78.3 Å². The third kappa shape index (κ3) is 6.01. The van der Waals surface area contributed by atoms with Gasteiger partial charge in [-0.15, -0.1) is 10.2 Å². The summed E-state index contributed by atoms with van der Waals surface area (Å²) >= 11 is 1.19. The van der Waals surface area contributed by atoms with Crippen LogP contribution in [0.5, 0.6) is 11.5 Å². The van der Waals surface area contributed by atoms with Crippen LogP contribution in [-0.2, 0) is 4.79 Å². The number of ether oxygens (including phenoxy) is 2. The van der Waals surface area contributed by atoms with Crippen molar-refractivity contribution in [2.75, 3.05) is 12.4 Å². The number of amides is 1. The average molecular weight is 477 g/mol. The molecule has 0 fully saturated rings. The van der Waals surface area contributed by atoms with Gasteiger partial charge < -0.3 is 19.4 Å². The summed E-state index contributed by atoms with van der Waals surface area (Å²) in [5.74, 6) is -0.0758. The fourth-order valence-electron chi connectivity index (χ4n) is 3.10. The third-order valence-corrected chi connectivity index (χ3v) is 5.82. The number of anilines is 1. The maximum Gasteiger partial charge on any atom is 0.237 e. The zero-order chi connectivity index (χ0) is 24.1. The van der Waals surface area contributed by atoms with Crippen LogP contribution in [0.1, 0.15) is 45.7 Å². The maximum absolute atomic E-state index is 13.9. The average Bonchev–Trinajstić information content (AvgIpc) is 3.19. The van der Waals surface area contributed by atoms with E-state index in [0.717, 1.165) is 12.1 Å². The van der Waals surface area contributed by atoms with Crippen molar-refractivity contribution >= 4 is 23.4 Å². The normalized spacial score (nSPS) is 13.0. The molecule has 1 amide bonds. The molecule has 0 bridgehead atoms. The summed E-state index contributed by atoms with van der Waals surface area (Å²) < 4.78 is 40.2. The lowest BCUT2D eigenvalue weighted by Crippen LogP contribution is -2.24. The summed E-state index contributed by atoms with van der Waals surface area (Å²) in [5.41, 5.74) is -0.0832. The molecule has 2 unspecified atom stereocenters. The Morgan fingerprint density at radius 1 is 1.06 bits per heavy atom. The Bertz CT molecular complexity index is 1120. The Kier molecular flexibility index (Phi) is 7.91. The minimum Gasteiger partial charge on any atom is -0.497 e. The van der Waals surface area contributed by atoms with Crippen LogP contribution in [-0.4, -0.2) is 33.0 Å². The minimum absolute atomic E-state index is 0.00124. The smallest absolute Gasteiger partial charge is 0.237 e. The van der Waals surface area contributed by atoms with Gasteiger partial charge in [-0.1, -0.05) is 17.8 Å². The molecule has 0 radical (unpaired) electrons. The number of benzene rings is 2. The van der Waals surface area contributed by atoms with Gasteiger partial charge in [-0.2, -0.15) is 0 Å². The number of nitrogens with one attached hydrogen (secondary N) is 1. The third-order valence-electron chi connectivity index (χ3n) is 4.77. The summed E-state index contributed by atoms with van der Waals surface area (Å²) in [6.07, 6.45) is -0.418. The second-order valence-corrected chi connectivity index (χ2v) is 8.93. The van der Waals surface area contributed by atoms with E-state index in [9.17, 15) is 13.6 Å². The Balaban J connectivity index is 1.74. The van der Waals surface area contributed by atoms with Crippen molar-refractivity contribution in [1.29, 1.82) is 0 Å². The number of hydrogen-bond acceptors (Lipinski definition) is 6. The van der Waals surface area contributed by atoms with E-state index in [-0.39, 0.29) is 11.7 Å². The van der Waals surface area contributed by atoms with E-state index in [2.05, 4.69) is 15.5 Å². The van der Waals surface area contributed by atoms with Crippen molar-refractivity contribution in [3.8, 4) is 11.5 Å². The first-order valence-corrected chi connectivity index (χ1v) is 11.3. The summed E-state index contributed by atoms with van der Waals surface area (Å²) in [6, 6.07) is 10.3. The molecule has 3 rings (SSSR count). The second-order valence-electron chi connectivity index (χ2n) is 7.62. The molecule has 0 spiro atoms. The van der Waals surface area contributed by atoms with Crippen LogP contribution in [0.15, 0.2) is 47.6 Å². The summed E-state index contributed by atoms with van der Waals surface area (Å²) in [7, 11) is 1.59. The number of thioether (sulfide) groups is 1. The van der Waals surface area contributed by atoms with Crippen molar-refractivity contribution in [1.82, 2.24) is 14.8 Å². The molecular formula is C23H26F2N4O3S. The fraction of sp³-hybridized carbons (Fsp3) is 0.348. The lowest BCUT2D eigenvalue weighted by atomic mass is 10.3. The van der Waals surface area contributed by atoms with Crippen LogP contribution in [0.25, 0.3) is 0 Å². The SMILES string of the molecule is COc1cccc(OC(C)c2nnc(SC(C)C(=O)Nc3ccc(F)cc3F)n2C(C)C)c1. The quantitative estimate of drug-likeness (QED) is 0.417. The van der Waals surface area contributed by atoms with Gasteiger partial charge in [0.2, 0.25) is 5.91 Å². The van der Waals surface area contributed by atoms with Crippen molar-refractivity contribution in [2.45, 2.75) is 50.2 Å². The number of nitrogens with zero attached hydrogens (tertiary/aromatic N) is 3. The summed E-state index contributed by atoms with van der Waals surface area (Å²) in [4.78, 5) is 12.6. The molecule has 33 heavy (non-hydrogen) atoms. The Hall–Kier alpha value is -3.14. The minimum atomic E-state index is -0.836. The van der Waals surface area contributed by atoms with E-state index >= 15 is 0 Å². The zero-order valence-electron chi connectivity index (χ0n) is 19.0. The van der Waals surface area contributed by atoms with E-state index in [4.69, 9.17) is 9.47 Å². The first kappa shape index (κ1) is 24.5. The highest BCUT2D eigenvalue weighted by Gasteiger charge is 2.25. The Labute approximate surface area is 195 Å². The highest BCUT2D eigenvalue weighted by Crippen LogP contribution is 2.31. The van der Waals surface area contributed by atoms with Crippen LogP contribution in [0, 0.1) is 11.6 Å². The number of rotatable bonds is 9. The van der Waals surface area contributed by atoms with Gasteiger partial charge in [0.05, 0.1) is 18.0 Å². The Morgan fingerprint density at radius 2 is 1.79 bits per heavy atom. The molecule has 10 heteroatoms. The van der Waals surface area contributed by atoms with Gasteiger partial charge in [0, 0.05) is 18.2 Å². The predicted molar refractivity (Wildman–Crippen MR) is 123 cm³/mol. The lowest BCUT2D eigenvalue weighted by Gasteiger charge is -2.20. The van der Waals surface area contributed by atoms with Gasteiger partial charge in [0.25, 0.3) is 0 Å². The molecule has 176 valence electrons. The number of halogens is 2. The molecular weight excluding hydrogens is 450 g/mol. The van der Waals surface area contributed by atoms with Gasteiger partial charge in [0.15, 0.2) is 17.1 Å². The largest absolute Gasteiger partial charge is 0.497 e. The Morgan fingerprint density at radius 3 is 2.45 bits per heavy atom. The molecule has 1 N–H and O–H groups in total. The molecule has 0 aliphatic heterocycles. The number of aromatic nitrogens is 3. The van der Waals surface area contributed by atoms with Crippen LogP contribution < -0.4 is 14.8 Å². The maximum atomic E-state index is 13.9. The van der Waals surface area contributed by atoms with Crippen LogP contribution in [0.3, 0.4) is 0 Å². The van der Waals surface area contributed by atoms with Gasteiger partial charge in [0.1, 0.15) is 23.1 Å². The van der Waals surface area contributed by atoms with E-state index < -0.39 is 28.9 Å². The van der Waals surface area contributed by atoms with Crippen LogP contribution in [0.2, 0.25) is 0 Å². The molecule has 0 aliphatic carbocycles. The van der Waals surface area contributed by atoms with Crippen molar-refractivity contribution in [3.63, 3.8) is 0 Å². The van der Waals surface area contributed by atoms with E-state index in [0.29, 0.717) is 22.5 Å². The molecule has 1 aromatic heterocycles. The summed E-state index contributed by atoms with van der Waals surface area (Å²) in [6.45, 7) is 7.50. The number of methoxy groups -OCH3 is 1. The van der Waals surface area contributed by atoms with Gasteiger partial charge >= 0.3 is 0 Å². The first-order valence-electron chi connectivity index (χ1n) is 10.4. The van der Waals surface area contributed by atoms with Gasteiger partial charge in [-0.3, -0.25) is 4.79 Å². The zero-order valence-corrected chi connectivity index (χ0v) is 19.8. The first-order chi connectivity index (χ1) is 15.7. The highest BCUT2D eigenvalue weighted by molar-refractivity contribution is 8.00.